The van der Waals surface area contributed by atoms with Crippen molar-refractivity contribution >= 4 is 17.5 Å². The monoisotopic (exact) mass is 317 g/mol. The Labute approximate surface area is 134 Å². The Kier molecular flexibility index (Phi) is 4.44. The Morgan fingerprint density at radius 2 is 2.00 bits per heavy atom. The molecule has 0 saturated carbocycles. The third-order valence-corrected chi connectivity index (χ3v) is 4.31. The van der Waals surface area contributed by atoms with Gasteiger partial charge in [0.05, 0.1) is 12.5 Å². The van der Waals surface area contributed by atoms with Crippen LogP contribution in [0, 0.1) is 5.82 Å². The molecule has 2 nitrogen and oxygen atoms in total. The van der Waals surface area contributed by atoms with Gasteiger partial charge in [0, 0.05) is 11.6 Å². The van der Waals surface area contributed by atoms with E-state index in [0.717, 1.165) is 30.5 Å². The number of amides is 1. The van der Waals surface area contributed by atoms with Gasteiger partial charge in [0.1, 0.15) is 5.82 Å². The molecule has 1 saturated heterocycles. The van der Waals surface area contributed by atoms with Gasteiger partial charge in [-0.2, -0.15) is 0 Å². The lowest BCUT2D eigenvalue weighted by molar-refractivity contribution is -0.131. The van der Waals surface area contributed by atoms with Crippen LogP contribution >= 0.6 is 11.6 Å². The highest BCUT2D eigenvalue weighted by Gasteiger charge is 2.29. The Bertz CT molecular complexity index is 671. The zero-order chi connectivity index (χ0) is 15.5. The average molecular weight is 318 g/mol. The third-order valence-electron chi connectivity index (χ3n) is 4.07. The fourth-order valence-corrected chi connectivity index (χ4v) is 3.23. The standard InChI is InChI=1S/C18H17ClFNO/c19-15-4-1-3-13(11-15)12-18(22)21-10-2-5-17(21)14-6-8-16(20)9-7-14/h1,3-4,6-9,11,17H,2,5,10,12H2/t17-/m1/s1. The molecule has 4 heteroatoms. The summed E-state index contributed by atoms with van der Waals surface area (Å²) in [5.41, 5.74) is 1.92. The van der Waals surface area contributed by atoms with Gasteiger partial charge in [0.25, 0.3) is 0 Å². The first-order valence-electron chi connectivity index (χ1n) is 7.43. The molecular weight excluding hydrogens is 301 g/mol. The van der Waals surface area contributed by atoms with Gasteiger partial charge < -0.3 is 4.90 Å². The van der Waals surface area contributed by atoms with Crippen LogP contribution in [-0.4, -0.2) is 17.4 Å². The molecule has 114 valence electrons. The van der Waals surface area contributed by atoms with Gasteiger partial charge in [-0.05, 0) is 48.2 Å². The molecule has 1 fully saturated rings. The summed E-state index contributed by atoms with van der Waals surface area (Å²) < 4.78 is 13.1. The van der Waals surface area contributed by atoms with Gasteiger partial charge in [-0.15, -0.1) is 0 Å². The first kappa shape index (κ1) is 15.0. The molecule has 2 aromatic carbocycles. The maximum Gasteiger partial charge on any atom is 0.227 e. The Hall–Kier alpha value is -1.87. The number of hydrogen-bond donors (Lipinski definition) is 0. The number of hydrogen-bond acceptors (Lipinski definition) is 1. The molecule has 0 radical (unpaired) electrons. The average Bonchev–Trinajstić information content (AvgIpc) is 2.97. The van der Waals surface area contributed by atoms with Crippen LogP contribution < -0.4 is 0 Å². The molecule has 1 aliphatic heterocycles. The van der Waals surface area contributed by atoms with Crippen molar-refractivity contribution in [3.63, 3.8) is 0 Å². The Balaban J connectivity index is 1.75. The van der Waals surface area contributed by atoms with Crippen molar-refractivity contribution in [2.24, 2.45) is 0 Å². The smallest absolute Gasteiger partial charge is 0.227 e. The number of likely N-dealkylation sites (tertiary alicyclic amines) is 1. The van der Waals surface area contributed by atoms with E-state index < -0.39 is 0 Å². The van der Waals surface area contributed by atoms with E-state index in [9.17, 15) is 9.18 Å². The molecule has 22 heavy (non-hydrogen) atoms. The molecule has 2 aromatic rings. The zero-order valence-electron chi connectivity index (χ0n) is 12.1. The molecule has 1 atom stereocenters. The molecule has 0 spiro atoms. The molecule has 0 aliphatic carbocycles. The summed E-state index contributed by atoms with van der Waals surface area (Å²) in [6, 6.07) is 13.9. The van der Waals surface area contributed by atoms with Crippen molar-refractivity contribution in [2.45, 2.75) is 25.3 Å². The molecule has 1 amide bonds. The van der Waals surface area contributed by atoms with Crippen LogP contribution in [0.25, 0.3) is 0 Å². The largest absolute Gasteiger partial charge is 0.335 e. The lowest BCUT2D eigenvalue weighted by atomic mass is 10.0. The summed E-state index contributed by atoms with van der Waals surface area (Å²) >= 11 is 5.97. The minimum absolute atomic E-state index is 0.0484. The lowest BCUT2D eigenvalue weighted by Crippen LogP contribution is -2.31. The molecule has 0 aromatic heterocycles. The molecule has 1 aliphatic rings. The van der Waals surface area contributed by atoms with Crippen molar-refractivity contribution in [3.8, 4) is 0 Å². The van der Waals surface area contributed by atoms with Gasteiger partial charge in [0.2, 0.25) is 5.91 Å². The fourth-order valence-electron chi connectivity index (χ4n) is 3.02. The summed E-state index contributed by atoms with van der Waals surface area (Å²) in [6.07, 6.45) is 2.24. The van der Waals surface area contributed by atoms with Crippen molar-refractivity contribution < 1.29 is 9.18 Å². The maximum absolute atomic E-state index is 13.1. The fraction of sp³-hybridized carbons (Fsp3) is 0.278. The minimum atomic E-state index is -0.251. The number of carbonyl (C=O) groups excluding carboxylic acids is 1. The highest BCUT2D eigenvalue weighted by molar-refractivity contribution is 6.30. The second-order valence-electron chi connectivity index (χ2n) is 5.60. The van der Waals surface area contributed by atoms with E-state index in [0.29, 0.717) is 11.4 Å². The van der Waals surface area contributed by atoms with Crippen molar-refractivity contribution in [3.05, 3.63) is 70.5 Å². The lowest BCUT2D eigenvalue weighted by Gasteiger charge is -2.25. The first-order chi connectivity index (χ1) is 10.6. The third kappa shape index (κ3) is 3.30. The molecule has 3 rings (SSSR count). The van der Waals surface area contributed by atoms with Crippen LogP contribution in [-0.2, 0) is 11.2 Å². The van der Waals surface area contributed by atoms with Crippen molar-refractivity contribution in [2.75, 3.05) is 6.54 Å². The highest BCUT2D eigenvalue weighted by atomic mass is 35.5. The maximum atomic E-state index is 13.1. The first-order valence-corrected chi connectivity index (χ1v) is 7.80. The highest BCUT2D eigenvalue weighted by Crippen LogP contribution is 2.32. The summed E-state index contributed by atoms with van der Waals surface area (Å²) in [5, 5.41) is 0.641. The van der Waals surface area contributed by atoms with Gasteiger partial charge in [0.15, 0.2) is 0 Å². The van der Waals surface area contributed by atoms with E-state index in [1.54, 1.807) is 18.2 Å². The van der Waals surface area contributed by atoms with Crippen LogP contribution in [0.1, 0.15) is 30.0 Å². The van der Waals surface area contributed by atoms with Gasteiger partial charge >= 0.3 is 0 Å². The van der Waals surface area contributed by atoms with Gasteiger partial charge in [-0.3, -0.25) is 4.79 Å². The van der Waals surface area contributed by atoms with Crippen molar-refractivity contribution in [1.82, 2.24) is 4.90 Å². The van der Waals surface area contributed by atoms with Gasteiger partial charge in [-0.1, -0.05) is 35.9 Å². The summed E-state index contributed by atoms with van der Waals surface area (Å²) in [7, 11) is 0. The SMILES string of the molecule is O=C(Cc1cccc(Cl)c1)N1CCC[C@@H]1c1ccc(F)cc1. The Morgan fingerprint density at radius 1 is 1.23 bits per heavy atom. The minimum Gasteiger partial charge on any atom is -0.335 e. The summed E-state index contributed by atoms with van der Waals surface area (Å²) in [6.45, 7) is 0.751. The number of halogens is 2. The van der Waals surface area contributed by atoms with E-state index in [2.05, 4.69) is 0 Å². The van der Waals surface area contributed by atoms with Gasteiger partial charge in [-0.25, -0.2) is 4.39 Å². The van der Waals surface area contributed by atoms with E-state index in [-0.39, 0.29) is 17.8 Å². The van der Waals surface area contributed by atoms with Crippen LogP contribution in [0.2, 0.25) is 5.02 Å². The van der Waals surface area contributed by atoms with Crippen LogP contribution in [0.15, 0.2) is 48.5 Å². The topological polar surface area (TPSA) is 20.3 Å². The van der Waals surface area contributed by atoms with Crippen LogP contribution in [0.4, 0.5) is 4.39 Å². The zero-order valence-corrected chi connectivity index (χ0v) is 12.9. The van der Waals surface area contributed by atoms with E-state index in [1.165, 1.54) is 12.1 Å². The number of rotatable bonds is 3. The van der Waals surface area contributed by atoms with Crippen molar-refractivity contribution in [1.29, 1.82) is 0 Å². The molecule has 0 bridgehead atoms. The summed E-state index contributed by atoms with van der Waals surface area (Å²) in [4.78, 5) is 14.5. The molecular formula is C18H17ClFNO. The quantitative estimate of drug-likeness (QED) is 0.822. The number of benzene rings is 2. The normalized spacial score (nSPS) is 17.7. The van der Waals surface area contributed by atoms with Crippen LogP contribution in [0.5, 0.6) is 0 Å². The Morgan fingerprint density at radius 3 is 2.73 bits per heavy atom. The second kappa shape index (κ2) is 6.49. The second-order valence-corrected chi connectivity index (χ2v) is 6.04. The number of nitrogens with zero attached hydrogens (tertiary/aromatic N) is 1. The van der Waals surface area contributed by atoms with Crippen LogP contribution in [0.3, 0.4) is 0 Å². The van der Waals surface area contributed by atoms with E-state index in [1.807, 2.05) is 23.1 Å². The summed E-state index contributed by atoms with van der Waals surface area (Å²) in [5.74, 6) is -0.160. The number of carbonyl (C=O) groups is 1. The molecule has 0 N–H and O–H groups in total. The predicted octanol–water partition coefficient (Wildman–Crippen LogP) is 4.39. The van der Waals surface area contributed by atoms with E-state index >= 15 is 0 Å². The molecule has 0 unspecified atom stereocenters. The molecule has 1 heterocycles. The predicted molar refractivity (Wildman–Crippen MR) is 85.2 cm³/mol. The van der Waals surface area contributed by atoms with E-state index in [4.69, 9.17) is 11.6 Å².